The minimum Gasteiger partial charge on any atom is -0.331 e. The predicted octanol–water partition coefficient (Wildman–Crippen LogP) is 1.74. The number of carbonyl (C=O) groups excluding carboxylic acids is 1. The van der Waals surface area contributed by atoms with Crippen LogP contribution in [-0.4, -0.2) is 37.4 Å². The standard InChI is InChI=1S/C16H17N3O3S/c1-11-5-6-14(12(2)10-11)17-16(20)13-4-3-7-19-8-9-23(21,22)18-15(13)19/h3-7,10H,8-9H2,1-2H3,(H,17,20). The molecule has 0 atom stereocenters. The number of rotatable bonds is 2. The van der Waals surface area contributed by atoms with Gasteiger partial charge in [0.05, 0.1) is 11.3 Å². The molecule has 0 saturated heterocycles. The van der Waals surface area contributed by atoms with Gasteiger partial charge < -0.3 is 10.2 Å². The van der Waals surface area contributed by atoms with Crippen LogP contribution in [0, 0.1) is 13.8 Å². The Morgan fingerprint density at radius 1 is 1.30 bits per heavy atom. The Balaban J connectivity index is 1.91. The van der Waals surface area contributed by atoms with Crippen LogP contribution >= 0.6 is 0 Å². The second-order valence-corrected chi connectivity index (χ2v) is 7.34. The van der Waals surface area contributed by atoms with Gasteiger partial charge in [0.2, 0.25) is 0 Å². The lowest BCUT2D eigenvalue weighted by Gasteiger charge is -2.28. The number of aryl methyl sites for hydroxylation is 2. The van der Waals surface area contributed by atoms with Crippen LogP contribution < -0.4 is 5.32 Å². The molecule has 2 aliphatic heterocycles. The molecule has 3 rings (SSSR count). The number of hydrogen-bond acceptors (Lipinski definition) is 4. The van der Waals surface area contributed by atoms with Crippen molar-refractivity contribution in [2.45, 2.75) is 13.8 Å². The van der Waals surface area contributed by atoms with Gasteiger partial charge in [0.1, 0.15) is 0 Å². The minimum atomic E-state index is -3.51. The topological polar surface area (TPSA) is 78.8 Å². The number of allylic oxidation sites excluding steroid dienone is 2. The quantitative estimate of drug-likeness (QED) is 0.895. The number of anilines is 1. The predicted molar refractivity (Wildman–Crippen MR) is 89.7 cm³/mol. The Kier molecular flexibility index (Phi) is 3.81. The maximum atomic E-state index is 12.6. The van der Waals surface area contributed by atoms with E-state index < -0.39 is 10.0 Å². The van der Waals surface area contributed by atoms with E-state index in [0.29, 0.717) is 12.2 Å². The first kappa shape index (κ1) is 15.5. The fourth-order valence-electron chi connectivity index (χ4n) is 2.54. The Labute approximate surface area is 135 Å². The molecule has 0 bridgehead atoms. The summed E-state index contributed by atoms with van der Waals surface area (Å²) in [4.78, 5) is 14.2. The van der Waals surface area contributed by atoms with E-state index in [9.17, 15) is 13.2 Å². The van der Waals surface area contributed by atoms with Crippen LogP contribution in [0.15, 0.2) is 46.5 Å². The summed E-state index contributed by atoms with van der Waals surface area (Å²) in [6, 6.07) is 5.71. The molecule has 0 unspecified atom stereocenters. The average molecular weight is 331 g/mol. The number of benzene rings is 1. The maximum absolute atomic E-state index is 12.6. The highest BCUT2D eigenvalue weighted by molar-refractivity contribution is 7.90. The van der Waals surface area contributed by atoms with Gasteiger partial charge in [0, 0.05) is 18.4 Å². The van der Waals surface area contributed by atoms with E-state index in [4.69, 9.17) is 0 Å². The first-order valence-corrected chi connectivity index (χ1v) is 8.83. The van der Waals surface area contributed by atoms with E-state index in [0.717, 1.165) is 11.1 Å². The van der Waals surface area contributed by atoms with Gasteiger partial charge in [0.15, 0.2) is 5.84 Å². The van der Waals surface area contributed by atoms with E-state index in [1.807, 2.05) is 32.0 Å². The number of nitrogens with one attached hydrogen (secondary N) is 1. The van der Waals surface area contributed by atoms with Crippen molar-refractivity contribution in [1.82, 2.24) is 4.90 Å². The van der Waals surface area contributed by atoms with Crippen LogP contribution in [0.4, 0.5) is 5.69 Å². The van der Waals surface area contributed by atoms with Crippen molar-refractivity contribution < 1.29 is 13.2 Å². The third kappa shape index (κ3) is 3.19. The number of amides is 1. The Morgan fingerprint density at radius 2 is 2.09 bits per heavy atom. The second-order valence-electron chi connectivity index (χ2n) is 5.59. The molecule has 0 aromatic heterocycles. The highest BCUT2D eigenvalue weighted by Crippen LogP contribution is 2.21. The van der Waals surface area contributed by atoms with Crippen molar-refractivity contribution in [2.24, 2.45) is 4.40 Å². The zero-order valence-electron chi connectivity index (χ0n) is 12.9. The van der Waals surface area contributed by atoms with Crippen LogP contribution in [0.1, 0.15) is 11.1 Å². The maximum Gasteiger partial charge on any atom is 0.259 e. The van der Waals surface area contributed by atoms with Crippen LogP contribution in [-0.2, 0) is 14.8 Å². The van der Waals surface area contributed by atoms with Crippen molar-refractivity contribution >= 4 is 27.5 Å². The molecule has 2 heterocycles. The lowest BCUT2D eigenvalue weighted by Crippen LogP contribution is -2.40. The van der Waals surface area contributed by atoms with Crippen molar-refractivity contribution in [3.05, 3.63) is 53.3 Å². The van der Waals surface area contributed by atoms with E-state index in [1.54, 1.807) is 23.3 Å². The molecule has 0 radical (unpaired) electrons. The zero-order chi connectivity index (χ0) is 16.6. The average Bonchev–Trinajstić information content (AvgIpc) is 2.48. The first-order chi connectivity index (χ1) is 10.9. The minimum absolute atomic E-state index is 0.0488. The fraction of sp³-hybridized carbons (Fsp3) is 0.250. The molecule has 0 saturated carbocycles. The van der Waals surface area contributed by atoms with Crippen molar-refractivity contribution in [2.75, 3.05) is 17.6 Å². The van der Waals surface area contributed by atoms with Gasteiger partial charge >= 0.3 is 0 Å². The van der Waals surface area contributed by atoms with Crippen LogP contribution in [0.5, 0.6) is 0 Å². The number of nitrogens with zero attached hydrogens (tertiary/aromatic N) is 2. The molecule has 2 aliphatic rings. The summed E-state index contributed by atoms with van der Waals surface area (Å²) < 4.78 is 27.2. The van der Waals surface area contributed by atoms with Gasteiger partial charge in [-0.05, 0) is 37.6 Å². The molecule has 0 fully saturated rings. The van der Waals surface area contributed by atoms with Gasteiger partial charge in [-0.1, -0.05) is 17.7 Å². The third-order valence-electron chi connectivity index (χ3n) is 3.73. The molecule has 1 amide bonds. The molecule has 1 N–H and O–H groups in total. The molecule has 0 aliphatic carbocycles. The van der Waals surface area contributed by atoms with Gasteiger partial charge in [0.25, 0.3) is 15.9 Å². The molecular weight excluding hydrogens is 314 g/mol. The van der Waals surface area contributed by atoms with Crippen LogP contribution in [0.25, 0.3) is 0 Å². The monoisotopic (exact) mass is 331 g/mol. The first-order valence-electron chi connectivity index (χ1n) is 7.22. The Hall–Kier alpha value is -2.41. The van der Waals surface area contributed by atoms with Crippen molar-refractivity contribution in [3.63, 3.8) is 0 Å². The molecule has 1 aromatic rings. The van der Waals surface area contributed by atoms with Crippen molar-refractivity contribution in [3.8, 4) is 0 Å². The number of sulfonamides is 1. The molecule has 0 spiro atoms. The second kappa shape index (κ2) is 5.66. The van der Waals surface area contributed by atoms with E-state index in [1.165, 1.54) is 0 Å². The van der Waals surface area contributed by atoms with Gasteiger partial charge in [-0.3, -0.25) is 4.79 Å². The van der Waals surface area contributed by atoms with E-state index in [2.05, 4.69) is 9.71 Å². The van der Waals surface area contributed by atoms with Gasteiger partial charge in [-0.2, -0.15) is 0 Å². The highest BCUT2D eigenvalue weighted by atomic mass is 32.2. The summed E-state index contributed by atoms with van der Waals surface area (Å²) in [5, 5.41) is 2.82. The summed E-state index contributed by atoms with van der Waals surface area (Å²) >= 11 is 0. The molecular formula is C16H17N3O3S. The fourth-order valence-corrected chi connectivity index (χ4v) is 3.52. The molecule has 7 heteroatoms. The van der Waals surface area contributed by atoms with Gasteiger partial charge in [-0.15, -0.1) is 4.40 Å². The Morgan fingerprint density at radius 3 is 2.83 bits per heavy atom. The molecule has 120 valence electrons. The largest absolute Gasteiger partial charge is 0.331 e. The molecule has 6 nitrogen and oxygen atoms in total. The lowest BCUT2D eigenvalue weighted by molar-refractivity contribution is -0.112. The summed E-state index contributed by atoms with van der Waals surface area (Å²) in [7, 11) is -3.51. The van der Waals surface area contributed by atoms with Gasteiger partial charge in [-0.25, -0.2) is 8.42 Å². The number of fused-ring (bicyclic) bond motifs is 1. The summed E-state index contributed by atoms with van der Waals surface area (Å²) in [6.45, 7) is 4.19. The normalized spacial score (nSPS) is 18.8. The zero-order valence-corrected chi connectivity index (χ0v) is 13.7. The molecule has 23 heavy (non-hydrogen) atoms. The third-order valence-corrected chi connectivity index (χ3v) is 4.88. The summed E-state index contributed by atoms with van der Waals surface area (Å²) in [5.41, 5.74) is 2.99. The van der Waals surface area contributed by atoms with Crippen LogP contribution in [0.2, 0.25) is 0 Å². The summed E-state index contributed by atoms with van der Waals surface area (Å²) in [5.74, 6) is -0.240. The number of hydrogen-bond donors (Lipinski definition) is 1. The molecule has 1 aromatic carbocycles. The lowest BCUT2D eigenvalue weighted by atomic mass is 10.1. The van der Waals surface area contributed by atoms with Crippen LogP contribution in [0.3, 0.4) is 0 Å². The highest BCUT2D eigenvalue weighted by Gasteiger charge is 2.30. The number of amidine groups is 1. The number of carbonyl (C=O) groups is 1. The van der Waals surface area contributed by atoms with E-state index in [-0.39, 0.29) is 23.1 Å². The van der Waals surface area contributed by atoms with Crippen molar-refractivity contribution in [1.29, 1.82) is 0 Å². The summed E-state index contributed by atoms with van der Waals surface area (Å²) in [6.07, 6.45) is 5.02. The SMILES string of the molecule is Cc1ccc(NC(=O)C2=CC=CN3CCS(=O)(=O)N=C23)c(C)c1. The Bertz CT molecular complexity index is 867. The van der Waals surface area contributed by atoms with E-state index >= 15 is 0 Å². The smallest absolute Gasteiger partial charge is 0.259 e.